The van der Waals surface area contributed by atoms with Gasteiger partial charge >= 0.3 is 0 Å². The van der Waals surface area contributed by atoms with Crippen LogP contribution in [0, 0.1) is 0 Å². The third-order valence-electron chi connectivity index (χ3n) is 3.68. The van der Waals surface area contributed by atoms with Crippen LogP contribution in [0.2, 0.25) is 5.02 Å². The number of halogens is 1. The van der Waals surface area contributed by atoms with E-state index in [0.717, 1.165) is 23.9 Å². The summed E-state index contributed by atoms with van der Waals surface area (Å²) in [6.07, 6.45) is 1.93. The van der Waals surface area contributed by atoms with Crippen LogP contribution in [0.15, 0.2) is 42.6 Å². The fourth-order valence-electron chi connectivity index (χ4n) is 2.16. The molecule has 1 atom stereocenters. The van der Waals surface area contributed by atoms with Gasteiger partial charge in [0, 0.05) is 24.8 Å². The number of pyridine rings is 1. The van der Waals surface area contributed by atoms with Crippen LogP contribution in [-0.4, -0.2) is 18.6 Å². The van der Waals surface area contributed by atoms with E-state index in [1.54, 1.807) is 0 Å². The monoisotopic (exact) mass is 303 g/mol. The first-order chi connectivity index (χ1) is 10.1. The summed E-state index contributed by atoms with van der Waals surface area (Å²) in [6, 6.07) is 12.4. The number of aromatic nitrogens is 1. The number of benzene rings is 1. The van der Waals surface area contributed by atoms with Crippen LogP contribution >= 0.6 is 11.6 Å². The SMILES string of the molecule is CCNCc1ccc(N(C)C(C)c2ccc(Cl)cc2)nc1. The second-order valence-corrected chi connectivity index (χ2v) is 5.58. The van der Waals surface area contributed by atoms with Gasteiger partial charge in [-0.2, -0.15) is 0 Å². The van der Waals surface area contributed by atoms with Gasteiger partial charge in [0.05, 0.1) is 6.04 Å². The van der Waals surface area contributed by atoms with Crippen molar-refractivity contribution >= 4 is 17.4 Å². The van der Waals surface area contributed by atoms with Crippen molar-refractivity contribution in [2.24, 2.45) is 0 Å². The summed E-state index contributed by atoms with van der Waals surface area (Å²) in [5.74, 6) is 0.970. The lowest BCUT2D eigenvalue weighted by Crippen LogP contribution is -2.22. The molecule has 0 radical (unpaired) electrons. The molecule has 0 aliphatic carbocycles. The van der Waals surface area contributed by atoms with Gasteiger partial charge in [-0.3, -0.25) is 0 Å². The first kappa shape index (κ1) is 15.8. The van der Waals surface area contributed by atoms with Crippen molar-refractivity contribution in [2.45, 2.75) is 26.4 Å². The Kier molecular flexibility index (Phi) is 5.59. The zero-order valence-electron chi connectivity index (χ0n) is 12.8. The Hall–Kier alpha value is -1.58. The van der Waals surface area contributed by atoms with Crippen LogP contribution in [0.25, 0.3) is 0 Å². The maximum absolute atomic E-state index is 5.94. The van der Waals surface area contributed by atoms with Crippen molar-refractivity contribution < 1.29 is 0 Å². The molecule has 0 saturated carbocycles. The molecule has 3 nitrogen and oxygen atoms in total. The fourth-order valence-corrected chi connectivity index (χ4v) is 2.29. The summed E-state index contributed by atoms with van der Waals surface area (Å²) in [5.41, 5.74) is 2.42. The summed E-state index contributed by atoms with van der Waals surface area (Å²) in [4.78, 5) is 6.72. The Bertz CT molecular complexity index is 551. The van der Waals surface area contributed by atoms with Crippen molar-refractivity contribution in [2.75, 3.05) is 18.5 Å². The molecule has 0 spiro atoms. The largest absolute Gasteiger partial charge is 0.353 e. The van der Waals surface area contributed by atoms with Gasteiger partial charge in [-0.05, 0) is 42.8 Å². The molecule has 1 heterocycles. The molecule has 0 amide bonds. The number of hydrogen-bond acceptors (Lipinski definition) is 3. The molecule has 0 aliphatic heterocycles. The predicted octanol–water partition coefficient (Wildman–Crippen LogP) is 4.04. The maximum Gasteiger partial charge on any atom is 0.128 e. The molecule has 0 fully saturated rings. The number of rotatable bonds is 6. The van der Waals surface area contributed by atoms with Gasteiger partial charge in [-0.25, -0.2) is 4.98 Å². The third kappa shape index (κ3) is 4.19. The summed E-state index contributed by atoms with van der Waals surface area (Å²) in [7, 11) is 2.06. The average Bonchev–Trinajstić information content (AvgIpc) is 2.53. The Balaban J connectivity index is 2.08. The van der Waals surface area contributed by atoms with E-state index >= 15 is 0 Å². The Morgan fingerprint density at radius 1 is 1.19 bits per heavy atom. The molecule has 1 aromatic carbocycles. The van der Waals surface area contributed by atoms with Crippen LogP contribution < -0.4 is 10.2 Å². The first-order valence-electron chi connectivity index (χ1n) is 7.25. The molecule has 0 aliphatic rings. The van der Waals surface area contributed by atoms with Gasteiger partial charge in [0.2, 0.25) is 0 Å². The van der Waals surface area contributed by atoms with Gasteiger partial charge in [0.15, 0.2) is 0 Å². The molecule has 21 heavy (non-hydrogen) atoms. The molecule has 4 heteroatoms. The van der Waals surface area contributed by atoms with Gasteiger partial charge in [0.25, 0.3) is 0 Å². The van der Waals surface area contributed by atoms with E-state index in [9.17, 15) is 0 Å². The lowest BCUT2D eigenvalue weighted by molar-refractivity contribution is 0.715. The van der Waals surface area contributed by atoms with E-state index in [2.05, 4.69) is 60.4 Å². The molecular formula is C17H22ClN3. The lowest BCUT2D eigenvalue weighted by Gasteiger charge is -2.26. The summed E-state index contributed by atoms with van der Waals surface area (Å²) in [6.45, 7) is 6.09. The zero-order chi connectivity index (χ0) is 15.2. The minimum atomic E-state index is 0.245. The minimum absolute atomic E-state index is 0.245. The average molecular weight is 304 g/mol. The third-order valence-corrected chi connectivity index (χ3v) is 3.93. The molecule has 2 aromatic rings. The summed E-state index contributed by atoms with van der Waals surface area (Å²) >= 11 is 5.94. The second-order valence-electron chi connectivity index (χ2n) is 5.14. The summed E-state index contributed by atoms with van der Waals surface area (Å²) in [5, 5.41) is 4.06. The highest BCUT2D eigenvalue weighted by Crippen LogP contribution is 2.24. The molecule has 112 valence electrons. The van der Waals surface area contributed by atoms with E-state index in [-0.39, 0.29) is 6.04 Å². The van der Waals surface area contributed by atoms with E-state index in [1.807, 2.05) is 18.3 Å². The van der Waals surface area contributed by atoms with E-state index in [0.29, 0.717) is 0 Å². The van der Waals surface area contributed by atoms with Crippen molar-refractivity contribution in [3.05, 3.63) is 58.7 Å². The highest BCUT2D eigenvalue weighted by Gasteiger charge is 2.13. The first-order valence-corrected chi connectivity index (χ1v) is 7.63. The Morgan fingerprint density at radius 2 is 1.90 bits per heavy atom. The van der Waals surface area contributed by atoms with Crippen LogP contribution in [0.5, 0.6) is 0 Å². The number of nitrogens with zero attached hydrogens (tertiary/aromatic N) is 2. The lowest BCUT2D eigenvalue weighted by atomic mass is 10.1. The highest BCUT2D eigenvalue weighted by molar-refractivity contribution is 6.30. The van der Waals surface area contributed by atoms with Crippen LogP contribution in [0.4, 0.5) is 5.82 Å². The van der Waals surface area contributed by atoms with Crippen LogP contribution in [-0.2, 0) is 6.54 Å². The smallest absolute Gasteiger partial charge is 0.128 e. The van der Waals surface area contributed by atoms with Crippen LogP contribution in [0.3, 0.4) is 0 Å². The van der Waals surface area contributed by atoms with E-state index in [4.69, 9.17) is 11.6 Å². The van der Waals surface area contributed by atoms with Gasteiger partial charge in [0.1, 0.15) is 5.82 Å². The maximum atomic E-state index is 5.94. The minimum Gasteiger partial charge on any atom is -0.353 e. The molecule has 1 N–H and O–H groups in total. The highest BCUT2D eigenvalue weighted by atomic mass is 35.5. The quantitative estimate of drug-likeness (QED) is 0.873. The Labute approximate surface area is 132 Å². The normalized spacial score (nSPS) is 12.2. The molecule has 1 unspecified atom stereocenters. The molecule has 1 aromatic heterocycles. The number of nitrogens with one attached hydrogen (secondary N) is 1. The standard InChI is InChI=1S/C17H22ClN3/c1-4-19-11-14-5-10-17(20-12-14)21(3)13(2)15-6-8-16(18)9-7-15/h5-10,12-13,19H,4,11H2,1-3H3. The molecule has 2 rings (SSSR count). The number of hydrogen-bond donors (Lipinski definition) is 1. The topological polar surface area (TPSA) is 28.2 Å². The van der Waals surface area contributed by atoms with Gasteiger partial charge in [-0.1, -0.05) is 36.7 Å². The zero-order valence-corrected chi connectivity index (χ0v) is 13.6. The van der Waals surface area contributed by atoms with Crippen molar-refractivity contribution in [3.63, 3.8) is 0 Å². The van der Waals surface area contributed by atoms with Crippen molar-refractivity contribution in [1.82, 2.24) is 10.3 Å². The molecule has 0 saturated heterocycles. The van der Waals surface area contributed by atoms with Crippen molar-refractivity contribution in [1.29, 1.82) is 0 Å². The van der Waals surface area contributed by atoms with Crippen molar-refractivity contribution in [3.8, 4) is 0 Å². The van der Waals surface area contributed by atoms with E-state index < -0.39 is 0 Å². The Morgan fingerprint density at radius 3 is 2.48 bits per heavy atom. The predicted molar refractivity (Wildman–Crippen MR) is 89.9 cm³/mol. The molecule has 0 bridgehead atoms. The molecular weight excluding hydrogens is 282 g/mol. The van der Waals surface area contributed by atoms with Crippen LogP contribution in [0.1, 0.15) is 31.0 Å². The van der Waals surface area contributed by atoms with Gasteiger partial charge < -0.3 is 10.2 Å². The van der Waals surface area contributed by atoms with Gasteiger partial charge in [-0.15, -0.1) is 0 Å². The summed E-state index contributed by atoms with van der Waals surface area (Å²) < 4.78 is 0. The number of anilines is 1. The fraction of sp³-hybridized carbons (Fsp3) is 0.353. The second kappa shape index (κ2) is 7.43. The van der Waals surface area contributed by atoms with E-state index in [1.165, 1.54) is 11.1 Å².